The fourth-order valence-electron chi connectivity index (χ4n) is 2.09. The van der Waals surface area contributed by atoms with Crippen LogP contribution in [-0.2, 0) is 10.0 Å². The summed E-state index contributed by atoms with van der Waals surface area (Å²) in [6.07, 6.45) is 3.20. The van der Waals surface area contributed by atoms with E-state index in [1.807, 2.05) is 7.05 Å². The minimum Gasteiger partial charge on any atom is -0.452 e. The molecule has 1 saturated heterocycles. The lowest BCUT2D eigenvalue weighted by Crippen LogP contribution is -2.40. The van der Waals surface area contributed by atoms with E-state index >= 15 is 0 Å². The molecule has 2 rings (SSSR count). The Labute approximate surface area is 108 Å². The number of furan rings is 1. The molecular formula is C10H17ClN2O3S. The molecule has 2 heterocycles. The van der Waals surface area contributed by atoms with Crippen LogP contribution in [0.15, 0.2) is 27.9 Å². The summed E-state index contributed by atoms with van der Waals surface area (Å²) in [7, 11) is -1.61. The van der Waals surface area contributed by atoms with Gasteiger partial charge in [-0.15, -0.1) is 12.4 Å². The molecule has 0 saturated carbocycles. The Balaban J connectivity index is 0.00000144. The van der Waals surface area contributed by atoms with Crippen molar-refractivity contribution in [3.05, 3.63) is 18.4 Å². The fraction of sp³-hybridized carbons (Fsp3) is 0.600. The van der Waals surface area contributed by atoms with Crippen molar-refractivity contribution in [2.75, 3.05) is 20.1 Å². The van der Waals surface area contributed by atoms with Gasteiger partial charge in [0.1, 0.15) is 0 Å². The molecule has 0 amide bonds. The van der Waals surface area contributed by atoms with E-state index in [-0.39, 0.29) is 23.5 Å². The van der Waals surface area contributed by atoms with E-state index in [1.165, 1.54) is 16.6 Å². The summed E-state index contributed by atoms with van der Waals surface area (Å²) in [5.41, 5.74) is 0. The topological polar surface area (TPSA) is 62.6 Å². The van der Waals surface area contributed by atoms with Crippen molar-refractivity contribution in [2.24, 2.45) is 0 Å². The third-order valence-corrected chi connectivity index (χ3v) is 4.66. The predicted molar refractivity (Wildman–Crippen MR) is 66.8 cm³/mol. The van der Waals surface area contributed by atoms with E-state index in [4.69, 9.17) is 4.42 Å². The van der Waals surface area contributed by atoms with Crippen LogP contribution < -0.4 is 5.32 Å². The second-order valence-electron chi connectivity index (χ2n) is 3.90. The lowest BCUT2D eigenvalue weighted by Gasteiger charge is -2.22. The van der Waals surface area contributed by atoms with Gasteiger partial charge in [-0.1, -0.05) is 0 Å². The molecule has 1 aromatic rings. The van der Waals surface area contributed by atoms with E-state index in [0.29, 0.717) is 13.1 Å². The van der Waals surface area contributed by atoms with Crippen LogP contribution in [0.1, 0.15) is 12.8 Å². The Morgan fingerprint density at radius 2 is 2.35 bits per heavy atom. The van der Waals surface area contributed by atoms with Crippen molar-refractivity contribution < 1.29 is 12.8 Å². The number of sulfonamides is 1. The first-order valence-electron chi connectivity index (χ1n) is 5.36. The molecule has 0 spiro atoms. The predicted octanol–water partition coefficient (Wildman–Crippen LogP) is 1.07. The van der Waals surface area contributed by atoms with Gasteiger partial charge in [0.05, 0.1) is 6.26 Å². The van der Waals surface area contributed by atoms with Crippen LogP contribution in [0.5, 0.6) is 0 Å². The number of rotatable bonds is 4. The van der Waals surface area contributed by atoms with Gasteiger partial charge in [0, 0.05) is 19.1 Å². The SMILES string of the molecule is CNCC1CCCN1S(=O)(=O)c1ccco1.Cl. The number of hydrogen-bond acceptors (Lipinski definition) is 4. The summed E-state index contributed by atoms with van der Waals surface area (Å²) in [4.78, 5) is 0. The van der Waals surface area contributed by atoms with Crippen molar-refractivity contribution in [1.82, 2.24) is 9.62 Å². The summed E-state index contributed by atoms with van der Waals surface area (Å²) in [6.45, 7) is 1.26. The first kappa shape index (κ1) is 14.5. The third-order valence-electron chi connectivity index (χ3n) is 2.82. The quantitative estimate of drug-likeness (QED) is 0.896. The van der Waals surface area contributed by atoms with Crippen LogP contribution in [0.3, 0.4) is 0 Å². The van der Waals surface area contributed by atoms with Gasteiger partial charge in [-0.2, -0.15) is 4.31 Å². The first-order valence-corrected chi connectivity index (χ1v) is 6.80. The van der Waals surface area contributed by atoms with Crippen LogP contribution in [0.2, 0.25) is 0 Å². The van der Waals surface area contributed by atoms with Gasteiger partial charge in [-0.3, -0.25) is 0 Å². The molecule has 5 nitrogen and oxygen atoms in total. The molecule has 0 aromatic carbocycles. The fourth-order valence-corrected chi connectivity index (χ4v) is 3.69. The number of likely N-dealkylation sites (N-methyl/N-ethyl adjacent to an activating group) is 1. The smallest absolute Gasteiger partial charge is 0.276 e. The molecular weight excluding hydrogens is 264 g/mol. The molecule has 1 N–H and O–H groups in total. The van der Waals surface area contributed by atoms with Crippen LogP contribution in [-0.4, -0.2) is 38.9 Å². The molecule has 1 atom stereocenters. The average molecular weight is 281 g/mol. The highest BCUT2D eigenvalue weighted by atomic mass is 35.5. The Hall–Kier alpha value is -0.560. The number of halogens is 1. The highest BCUT2D eigenvalue weighted by molar-refractivity contribution is 7.89. The van der Waals surface area contributed by atoms with Gasteiger partial charge in [0.25, 0.3) is 10.0 Å². The van der Waals surface area contributed by atoms with E-state index in [9.17, 15) is 8.42 Å². The summed E-state index contributed by atoms with van der Waals surface area (Å²) in [5.74, 6) is 0. The van der Waals surface area contributed by atoms with E-state index in [0.717, 1.165) is 12.8 Å². The second kappa shape index (κ2) is 5.86. The zero-order chi connectivity index (χ0) is 11.6. The van der Waals surface area contributed by atoms with Crippen LogP contribution >= 0.6 is 12.4 Å². The zero-order valence-corrected chi connectivity index (χ0v) is 11.3. The number of nitrogens with zero attached hydrogens (tertiary/aromatic N) is 1. The van der Waals surface area contributed by atoms with Gasteiger partial charge >= 0.3 is 0 Å². The molecule has 1 aromatic heterocycles. The maximum Gasteiger partial charge on any atom is 0.276 e. The van der Waals surface area contributed by atoms with Gasteiger partial charge in [0.15, 0.2) is 0 Å². The molecule has 0 bridgehead atoms. The monoisotopic (exact) mass is 280 g/mol. The molecule has 7 heteroatoms. The van der Waals surface area contributed by atoms with E-state index in [1.54, 1.807) is 6.07 Å². The van der Waals surface area contributed by atoms with Crippen molar-refractivity contribution in [3.8, 4) is 0 Å². The molecule has 98 valence electrons. The molecule has 1 unspecified atom stereocenters. The summed E-state index contributed by atoms with van der Waals surface area (Å²) in [6, 6.07) is 3.13. The van der Waals surface area contributed by atoms with Gasteiger partial charge in [-0.25, -0.2) is 8.42 Å². The molecule has 1 aliphatic heterocycles. The van der Waals surface area contributed by atoms with E-state index < -0.39 is 10.0 Å². The molecule has 0 radical (unpaired) electrons. The van der Waals surface area contributed by atoms with Crippen LogP contribution in [0.25, 0.3) is 0 Å². The van der Waals surface area contributed by atoms with Crippen molar-refractivity contribution >= 4 is 22.4 Å². The molecule has 0 aliphatic carbocycles. The summed E-state index contributed by atoms with van der Waals surface area (Å²) in [5, 5.41) is 3.06. The average Bonchev–Trinajstić information content (AvgIpc) is 2.88. The van der Waals surface area contributed by atoms with Gasteiger partial charge < -0.3 is 9.73 Å². The van der Waals surface area contributed by atoms with Crippen molar-refractivity contribution in [1.29, 1.82) is 0 Å². The van der Waals surface area contributed by atoms with E-state index in [2.05, 4.69) is 5.32 Å². The minimum absolute atomic E-state index is 0. The maximum atomic E-state index is 12.2. The summed E-state index contributed by atoms with van der Waals surface area (Å²) >= 11 is 0. The standard InChI is InChI=1S/C10H16N2O3S.ClH/c1-11-8-9-4-2-6-12(9)16(13,14)10-5-3-7-15-10;/h3,5,7,9,11H,2,4,6,8H2,1H3;1H. The lowest BCUT2D eigenvalue weighted by molar-refractivity contribution is 0.357. The highest BCUT2D eigenvalue weighted by Gasteiger charge is 2.36. The van der Waals surface area contributed by atoms with Gasteiger partial charge in [0.2, 0.25) is 5.09 Å². The highest BCUT2D eigenvalue weighted by Crippen LogP contribution is 2.25. The van der Waals surface area contributed by atoms with Crippen molar-refractivity contribution in [3.63, 3.8) is 0 Å². The van der Waals surface area contributed by atoms with Crippen LogP contribution in [0.4, 0.5) is 0 Å². The third kappa shape index (κ3) is 2.82. The zero-order valence-electron chi connectivity index (χ0n) is 9.63. The Bertz CT molecular complexity index is 432. The number of hydrogen-bond donors (Lipinski definition) is 1. The first-order chi connectivity index (χ1) is 7.66. The maximum absolute atomic E-state index is 12.2. The largest absolute Gasteiger partial charge is 0.452 e. The molecule has 1 fully saturated rings. The Morgan fingerprint density at radius 1 is 1.59 bits per heavy atom. The Kier molecular flexibility index (Phi) is 5.00. The second-order valence-corrected chi connectivity index (χ2v) is 5.72. The number of nitrogens with one attached hydrogen (secondary N) is 1. The summed E-state index contributed by atoms with van der Waals surface area (Å²) < 4.78 is 30.9. The van der Waals surface area contributed by atoms with Crippen LogP contribution in [0, 0.1) is 0 Å². The minimum atomic E-state index is -3.44. The normalized spacial score (nSPS) is 21.4. The Morgan fingerprint density at radius 3 is 2.94 bits per heavy atom. The molecule has 1 aliphatic rings. The van der Waals surface area contributed by atoms with Crippen molar-refractivity contribution in [2.45, 2.75) is 24.0 Å². The molecule has 17 heavy (non-hydrogen) atoms. The lowest BCUT2D eigenvalue weighted by atomic mass is 10.2. The van der Waals surface area contributed by atoms with Gasteiger partial charge in [-0.05, 0) is 32.0 Å².